The van der Waals surface area contributed by atoms with Gasteiger partial charge in [-0.2, -0.15) is 0 Å². The summed E-state index contributed by atoms with van der Waals surface area (Å²) in [5.74, 6) is 0.157. The van der Waals surface area contributed by atoms with E-state index in [1.165, 1.54) is 44.9 Å². The minimum absolute atomic E-state index is 0.0840. The van der Waals surface area contributed by atoms with Gasteiger partial charge < -0.3 is 20.1 Å². The van der Waals surface area contributed by atoms with E-state index in [0.29, 0.717) is 26.2 Å². The monoisotopic (exact) mass is 396 g/mol. The van der Waals surface area contributed by atoms with Crippen LogP contribution in [0.2, 0.25) is 0 Å². The topological polar surface area (TPSA) is 76.7 Å². The van der Waals surface area contributed by atoms with E-state index in [4.69, 9.17) is 9.47 Å². The summed E-state index contributed by atoms with van der Waals surface area (Å²) in [6, 6.07) is -0.473. The summed E-state index contributed by atoms with van der Waals surface area (Å²) >= 11 is 0. The van der Waals surface area contributed by atoms with E-state index in [9.17, 15) is 9.59 Å². The summed E-state index contributed by atoms with van der Waals surface area (Å²) in [5, 5.41) is 5.80. The molecular formula is C22H40N2O4. The summed E-state index contributed by atoms with van der Waals surface area (Å²) in [6.07, 6.45) is 11.9. The lowest BCUT2D eigenvalue weighted by molar-refractivity contribution is -0.151. The first-order valence-corrected chi connectivity index (χ1v) is 11.5. The molecule has 2 fully saturated rings. The van der Waals surface area contributed by atoms with Crippen molar-refractivity contribution in [3.63, 3.8) is 0 Å². The van der Waals surface area contributed by atoms with Crippen LogP contribution in [-0.2, 0) is 14.3 Å². The Labute approximate surface area is 170 Å². The first-order valence-electron chi connectivity index (χ1n) is 11.5. The number of carbonyl (C=O) groups is 2. The van der Waals surface area contributed by atoms with Crippen molar-refractivity contribution >= 4 is 11.8 Å². The van der Waals surface area contributed by atoms with E-state index in [0.717, 1.165) is 19.3 Å². The molecule has 0 spiro atoms. The number of carbonyl (C=O) groups excluding carboxylic acids is 2. The van der Waals surface area contributed by atoms with Gasteiger partial charge in [0.05, 0.1) is 24.9 Å². The molecule has 6 heteroatoms. The molecule has 162 valence electrons. The first-order chi connectivity index (χ1) is 13.7. The molecule has 1 heterocycles. The van der Waals surface area contributed by atoms with Crippen LogP contribution in [0.4, 0.5) is 4.79 Å². The number of fused-ring (bicyclic) bond motifs is 1. The minimum atomic E-state index is -0.263. The second-order valence-corrected chi connectivity index (χ2v) is 8.15. The standard InChI is InChI=1S/C22H40N2O4/c1-3-5-6-7-8-9-10-11-15-27-19-13-12-17-18(25)14-16-28-21(17)20(19)24-22(26)23-4-2/h17,19-21H,3-16H2,1-2H3,(H2,23,24,26). The number of unbranched alkanes of at least 4 members (excludes halogenated alkanes) is 7. The zero-order valence-electron chi connectivity index (χ0n) is 17.8. The number of urea groups is 1. The summed E-state index contributed by atoms with van der Waals surface area (Å²) < 4.78 is 12.1. The molecule has 0 aromatic carbocycles. The van der Waals surface area contributed by atoms with Crippen molar-refractivity contribution in [1.29, 1.82) is 0 Å². The highest BCUT2D eigenvalue weighted by Crippen LogP contribution is 2.33. The number of rotatable bonds is 12. The molecule has 2 N–H and O–H groups in total. The molecular weight excluding hydrogens is 356 g/mol. The molecule has 28 heavy (non-hydrogen) atoms. The highest BCUT2D eigenvalue weighted by Gasteiger charge is 2.46. The first kappa shape index (κ1) is 23.1. The SMILES string of the molecule is CCCCCCCCCCOC1CCC2C(=O)CCOC2C1NC(=O)NCC. The Balaban J connectivity index is 1.77. The fraction of sp³-hybridized carbons (Fsp3) is 0.909. The fourth-order valence-electron chi connectivity index (χ4n) is 4.39. The number of Topliss-reactive ketones (excluding diaryl/α,β-unsaturated/α-hetero) is 1. The highest BCUT2D eigenvalue weighted by atomic mass is 16.5. The molecule has 0 bridgehead atoms. The summed E-state index contributed by atoms with van der Waals surface area (Å²) in [6.45, 7) is 5.85. The van der Waals surface area contributed by atoms with Crippen LogP contribution in [0.25, 0.3) is 0 Å². The van der Waals surface area contributed by atoms with E-state index in [-0.39, 0.29) is 36.0 Å². The van der Waals surface area contributed by atoms with Gasteiger partial charge in [-0.1, -0.05) is 51.9 Å². The van der Waals surface area contributed by atoms with E-state index in [1.807, 2.05) is 6.92 Å². The van der Waals surface area contributed by atoms with E-state index in [1.54, 1.807) is 0 Å². The number of hydrogen-bond acceptors (Lipinski definition) is 4. The number of hydrogen-bond donors (Lipinski definition) is 2. The van der Waals surface area contributed by atoms with E-state index >= 15 is 0 Å². The van der Waals surface area contributed by atoms with Crippen LogP contribution in [0.5, 0.6) is 0 Å². The molecule has 0 aromatic heterocycles. The molecule has 2 aliphatic rings. The predicted octanol–water partition coefficient (Wildman–Crippen LogP) is 3.97. The number of nitrogens with one attached hydrogen (secondary N) is 2. The Morgan fingerprint density at radius 1 is 1.07 bits per heavy atom. The Bertz CT molecular complexity index is 471. The van der Waals surface area contributed by atoms with Gasteiger partial charge in [0.2, 0.25) is 0 Å². The highest BCUT2D eigenvalue weighted by molar-refractivity contribution is 5.83. The zero-order valence-corrected chi connectivity index (χ0v) is 17.8. The summed E-state index contributed by atoms with van der Waals surface area (Å²) in [7, 11) is 0. The van der Waals surface area contributed by atoms with Gasteiger partial charge >= 0.3 is 6.03 Å². The Morgan fingerprint density at radius 2 is 1.79 bits per heavy atom. The fourth-order valence-corrected chi connectivity index (χ4v) is 4.39. The van der Waals surface area contributed by atoms with Crippen molar-refractivity contribution < 1.29 is 19.1 Å². The maximum absolute atomic E-state index is 12.3. The van der Waals surface area contributed by atoms with Gasteiger partial charge in [0.15, 0.2) is 0 Å². The lowest BCUT2D eigenvalue weighted by Crippen LogP contribution is -2.61. The number of amides is 2. The molecule has 1 saturated carbocycles. The lowest BCUT2D eigenvalue weighted by atomic mass is 9.76. The largest absolute Gasteiger partial charge is 0.376 e. The number of ketones is 1. The van der Waals surface area contributed by atoms with Crippen LogP contribution in [-0.4, -0.2) is 49.8 Å². The van der Waals surface area contributed by atoms with Gasteiger partial charge in [-0.15, -0.1) is 0 Å². The van der Waals surface area contributed by atoms with Crippen LogP contribution in [0.3, 0.4) is 0 Å². The van der Waals surface area contributed by atoms with Crippen LogP contribution >= 0.6 is 0 Å². The molecule has 6 nitrogen and oxygen atoms in total. The van der Waals surface area contributed by atoms with Crippen molar-refractivity contribution in [2.24, 2.45) is 5.92 Å². The summed E-state index contributed by atoms with van der Waals surface area (Å²) in [5.41, 5.74) is 0. The van der Waals surface area contributed by atoms with Gasteiger partial charge in [0.25, 0.3) is 0 Å². The quantitative estimate of drug-likeness (QED) is 0.490. The van der Waals surface area contributed by atoms with Crippen molar-refractivity contribution in [2.45, 2.75) is 103 Å². The molecule has 0 radical (unpaired) electrons. The summed E-state index contributed by atoms with van der Waals surface area (Å²) in [4.78, 5) is 24.4. The van der Waals surface area contributed by atoms with Crippen LogP contribution in [0, 0.1) is 5.92 Å². The Hall–Kier alpha value is -1.14. The van der Waals surface area contributed by atoms with Crippen LogP contribution in [0.1, 0.15) is 84.5 Å². The third kappa shape index (κ3) is 7.36. The smallest absolute Gasteiger partial charge is 0.315 e. The zero-order chi connectivity index (χ0) is 20.2. The van der Waals surface area contributed by atoms with Crippen molar-refractivity contribution in [3.05, 3.63) is 0 Å². The molecule has 1 aliphatic heterocycles. The third-order valence-electron chi connectivity index (χ3n) is 5.95. The second kappa shape index (κ2) is 13.2. The maximum Gasteiger partial charge on any atom is 0.315 e. The molecule has 2 rings (SSSR count). The Kier molecular flexibility index (Phi) is 10.9. The molecule has 4 unspecified atom stereocenters. The lowest BCUT2D eigenvalue weighted by Gasteiger charge is -2.44. The number of ether oxygens (including phenoxy) is 2. The molecule has 4 atom stereocenters. The average molecular weight is 397 g/mol. The molecule has 2 amide bonds. The van der Waals surface area contributed by atoms with Crippen molar-refractivity contribution in [2.75, 3.05) is 19.8 Å². The van der Waals surface area contributed by atoms with Crippen LogP contribution in [0.15, 0.2) is 0 Å². The Morgan fingerprint density at radius 3 is 2.50 bits per heavy atom. The van der Waals surface area contributed by atoms with E-state index < -0.39 is 0 Å². The van der Waals surface area contributed by atoms with Crippen molar-refractivity contribution in [3.8, 4) is 0 Å². The van der Waals surface area contributed by atoms with E-state index in [2.05, 4.69) is 17.6 Å². The van der Waals surface area contributed by atoms with Crippen molar-refractivity contribution in [1.82, 2.24) is 10.6 Å². The van der Waals surface area contributed by atoms with Gasteiger partial charge in [-0.25, -0.2) is 4.79 Å². The minimum Gasteiger partial charge on any atom is -0.376 e. The van der Waals surface area contributed by atoms with Gasteiger partial charge in [0.1, 0.15) is 5.78 Å². The third-order valence-corrected chi connectivity index (χ3v) is 5.95. The van der Waals surface area contributed by atoms with Gasteiger partial charge in [0, 0.05) is 25.5 Å². The predicted molar refractivity (Wildman–Crippen MR) is 110 cm³/mol. The van der Waals surface area contributed by atoms with Crippen LogP contribution < -0.4 is 10.6 Å². The normalized spacial score (nSPS) is 27.3. The average Bonchev–Trinajstić information content (AvgIpc) is 2.68. The molecule has 0 aromatic rings. The maximum atomic E-state index is 12.3. The molecule has 1 saturated heterocycles. The second-order valence-electron chi connectivity index (χ2n) is 8.15. The van der Waals surface area contributed by atoms with Gasteiger partial charge in [-0.05, 0) is 26.2 Å². The molecule has 1 aliphatic carbocycles. The van der Waals surface area contributed by atoms with Gasteiger partial charge in [-0.3, -0.25) is 4.79 Å².